The predicted molar refractivity (Wildman–Crippen MR) is 513 cm³/mol. The van der Waals surface area contributed by atoms with E-state index in [4.69, 9.17) is 82.6 Å². The van der Waals surface area contributed by atoms with Crippen LogP contribution in [0.15, 0.2) is 226 Å². The van der Waals surface area contributed by atoms with Crippen LogP contribution in [0.3, 0.4) is 0 Å². The van der Waals surface area contributed by atoms with Gasteiger partial charge >= 0.3 is 30.9 Å². The Hall–Kier alpha value is -15.5. The van der Waals surface area contributed by atoms with Gasteiger partial charge in [-0.1, -0.05) is 56.0 Å². The molecular formula is C95H67Cl2F21N14O12S5. The molecule has 0 atom stereocenters. The van der Waals surface area contributed by atoms with Gasteiger partial charge in [0.25, 0.3) is 28.1 Å². The first-order valence-corrected chi connectivity index (χ1v) is 49.4. The van der Waals surface area contributed by atoms with Crippen molar-refractivity contribution in [1.82, 2.24) is 9.97 Å². The Morgan fingerprint density at radius 1 is 0.389 bits per heavy atom. The number of ether oxygens (including phenoxy) is 6. The van der Waals surface area contributed by atoms with E-state index in [2.05, 4.69) is 49.5 Å². The lowest BCUT2D eigenvalue weighted by Gasteiger charge is -2.33. The van der Waals surface area contributed by atoms with Gasteiger partial charge in [0.1, 0.15) is 108 Å². The Morgan fingerprint density at radius 2 is 0.718 bits per heavy atom. The molecule has 0 aliphatic carbocycles. The van der Waals surface area contributed by atoms with Crippen molar-refractivity contribution in [3.8, 4) is 34.5 Å². The minimum Gasteiger partial charge on any atom is -0.497 e. The molecule has 11 aromatic carbocycles. The van der Waals surface area contributed by atoms with Gasteiger partial charge in [-0.2, -0.15) is 65.9 Å². The Bertz CT molecular complexity index is 7520. The summed E-state index contributed by atoms with van der Waals surface area (Å²) in [7, 11) is -0.483. The number of para-hydroxylation sites is 2. The van der Waals surface area contributed by atoms with Crippen molar-refractivity contribution in [3.63, 3.8) is 0 Å². The van der Waals surface area contributed by atoms with Crippen LogP contribution >= 0.6 is 44.0 Å². The quantitative estimate of drug-likeness (QED) is 0.0551. The molecule has 0 fully saturated rings. The first-order chi connectivity index (χ1) is 69.8. The summed E-state index contributed by atoms with van der Waals surface area (Å²) in [5, 5.41) is 10.7. The van der Waals surface area contributed by atoms with Crippen LogP contribution in [0.4, 0.5) is 182 Å². The second-order valence-electron chi connectivity index (χ2n) is 30.1. The fraction of sp³-hybridized carbons (Fsp3) is 0.189. The number of fused-ring (bicyclic) bond motifs is 5. The van der Waals surface area contributed by atoms with E-state index in [1.807, 2.05) is 29.6 Å². The molecular weight excluding hydrogens is 2160 g/mol. The number of hydrogen-bond donors (Lipinski definition) is 3. The standard InChI is InChI=1S/C19H12F4N4O3S2.2C16H9ClF4N2O3S.C16H10F4N2O.C11H12N2OS.C8H3F4N.C8H8FNO.CH4/c1-24-14-8-11(19(21,22)23)2-3-15(14)27-5-6-30-16-10-12(9-13(20)17(16)27)32(28,29)26-18-25-4-7-31-18;2*1-22-12-6-9(16(19,20)21)2-3-13(12)23-4-5-26-14-8-10(27(17,24)25)7-11(18)15(14)23;1-21-12-9-10(16(18,19)20)5-6-13(12)22-7-8-23-14-4-2-3-11(17)15(14)22;1-14-10-4-2-9(3-5-10)8-13-11-12-6-7-15-11;1-13-7-4-5(8(10,11)12)2-3-6(7)9;9-6-2-1-3-7-8(6)10-4-5-11-7;/h2-4,7-10H,5-6H2,(H,25,26);2*2-3,6-8H,4-5H2;2-6,9H,7-8H2;2-7H,8H2,1H3,(H,12,13);2-4H;1-3,10H,4-5H2;1H4. The first-order valence-electron chi connectivity index (χ1n) is 41.5. The highest BCUT2D eigenvalue weighted by molar-refractivity contribution is 8.14. The zero-order valence-corrected chi connectivity index (χ0v) is 80.1. The van der Waals surface area contributed by atoms with Crippen molar-refractivity contribution in [1.29, 1.82) is 0 Å². The smallest absolute Gasteiger partial charge is 0.415 e. The van der Waals surface area contributed by atoms with Crippen molar-refractivity contribution in [3.05, 3.63) is 337 Å². The van der Waals surface area contributed by atoms with Crippen molar-refractivity contribution in [2.24, 2.45) is 0 Å². The van der Waals surface area contributed by atoms with Crippen LogP contribution in [-0.4, -0.2) is 108 Å². The molecule has 54 heteroatoms. The number of methoxy groups -OCH3 is 1. The van der Waals surface area contributed by atoms with E-state index >= 15 is 4.39 Å². The van der Waals surface area contributed by atoms with Gasteiger partial charge in [-0.25, -0.2) is 85.8 Å². The van der Waals surface area contributed by atoms with E-state index in [9.17, 15) is 113 Å². The Kier molecular flexibility index (Phi) is 36.3. The van der Waals surface area contributed by atoms with Gasteiger partial charge in [0, 0.05) is 126 Å². The molecule has 5 aliphatic heterocycles. The molecule has 5 aliphatic rings. The maximum Gasteiger partial charge on any atom is 0.415 e. The summed E-state index contributed by atoms with van der Waals surface area (Å²) in [6, 6.07) is 34.6. The number of thiazole rings is 2. The summed E-state index contributed by atoms with van der Waals surface area (Å²) in [4.78, 5) is 27.0. The number of rotatable bonds is 13. The first kappa shape index (κ1) is 114. The maximum atomic E-state index is 15.1. The molecule has 7 heterocycles. The van der Waals surface area contributed by atoms with Crippen molar-refractivity contribution in [2.75, 3.05) is 108 Å². The van der Waals surface area contributed by atoms with Crippen LogP contribution in [0.1, 0.15) is 40.8 Å². The summed E-state index contributed by atoms with van der Waals surface area (Å²) >= 11 is 2.64. The van der Waals surface area contributed by atoms with Crippen LogP contribution in [0.25, 0.3) is 24.2 Å². The van der Waals surface area contributed by atoms with Gasteiger partial charge in [-0.3, -0.25) is 4.72 Å². The van der Waals surface area contributed by atoms with Crippen LogP contribution in [-0.2, 0) is 65.6 Å². The molecule has 780 valence electrons. The van der Waals surface area contributed by atoms with Gasteiger partial charge in [-0.15, -0.1) is 22.7 Å². The van der Waals surface area contributed by atoms with Crippen molar-refractivity contribution in [2.45, 2.75) is 59.5 Å². The third kappa shape index (κ3) is 28.3. The molecule has 13 aromatic rings. The second-order valence-corrected chi connectivity index (χ2v) is 38.7. The van der Waals surface area contributed by atoms with Crippen LogP contribution in [0.2, 0.25) is 0 Å². The fourth-order valence-corrected chi connectivity index (χ4v) is 18.0. The van der Waals surface area contributed by atoms with Gasteiger partial charge in [-0.05, 0) is 127 Å². The highest BCUT2D eigenvalue weighted by Gasteiger charge is 2.40. The molecule has 0 amide bonds. The number of sulfonamides is 1. The molecule has 0 saturated carbocycles. The largest absolute Gasteiger partial charge is 0.497 e. The predicted octanol–water partition coefficient (Wildman–Crippen LogP) is 28.2. The Labute approximate surface area is 851 Å². The van der Waals surface area contributed by atoms with E-state index < -0.39 is 136 Å². The van der Waals surface area contributed by atoms with Gasteiger partial charge in [0.05, 0.1) is 80.8 Å². The summed E-state index contributed by atoms with van der Waals surface area (Å²) in [6.07, 6.45) is -19.8. The maximum absolute atomic E-state index is 15.1. The molecule has 3 N–H and O–H groups in total. The molecule has 149 heavy (non-hydrogen) atoms. The van der Waals surface area contributed by atoms with E-state index in [0.29, 0.717) is 78.9 Å². The molecule has 0 unspecified atom stereocenters. The highest BCUT2D eigenvalue weighted by Crippen LogP contribution is 2.52. The van der Waals surface area contributed by atoms with Gasteiger partial charge in [0.15, 0.2) is 33.5 Å². The molecule has 18 rings (SSSR count). The van der Waals surface area contributed by atoms with Crippen LogP contribution in [0, 0.1) is 67.8 Å². The van der Waals surface area contributed by atoms with E-state index in [1.54, 1.807) is 48.2 Å². The monoisotopic (exact) mass is 2220 g/mol. The molecule has 0 radical (unpaired) electrons. The fourth-order valence-electron chi connectivity index (χ4n) is 14.1. The lowest BCUT2D eigenvalue weighted by molar-refractivity contribution is -0.138. The van der Waals surface area contributed by atoms with Crippen molar-refractivity contribution < 1.29 is 146 Å². The highest BCUT2D eigenvalue weighted by atomic mass is 35.7. The van der Waals surface area contributed by atoms with Gasteiger partial charge in [0.2, 0.25) is 28.4 Å². The molecule has 2 aromatic heterocycles. The summed E-state index contributed by atoms with van der Waals surface area (Å²) < 4.78 is 379. The van der Waals surface area contributed by atoms with Crippen LogP contribution < -0.4 is 63.4 Å². The van der Waals surface area contributed by atoms with E-state index in [-0.39, 0.29) is 156 Å². The summed E-state index contributed by atoms with van der Waals surface area (Å²) in [5.74, 6) is -3.33. The Balaban J connectivity index is 0.000000169. The number of aromatic nitrogens is 2. The van der Waals surface area contributed by atoms with Crippen molar-refractivity contribution >= 4 is 162 Å². The zero-order valence-electron chi connectivity index (χ0n) is 74.5. The zero-order chi connectivity index (χ0) is 108. The number of alkyl halides is 15. The SMILES string of the molecule is C.COc1ccc(CNc2nccs2)cc1.Fc1cccc2c1NCCO2.[C-]#[N+]c1cc(C(F)(F)F)ccc1F.[C-]#[N+]c1cc(C(F)(F)F)ccc1N1CCOc2cc(S(=O)(=O)Cl)cc(F)c21.[C-]#[N+]c1cc(C(F)(F)F)ccc1N1CCOc2cc(S(=O)(=O)Cl)cc(F)c21.[C-]#[N+]c1cc(C(F)(F)F)ccc1N1CCOc2cc(S(=O)(=O)Nc3nccs3)cc(F)c21.[C-]#[N+]c1cc(C(F)(F)F)ccc1N1CCOc2cccc(F)c21. The minimum atomic E-state index is -4.64. The molecule has 0 saturated heterocycles. The molecule has 26 nitrogen and oxygen atoms in total. The number of halogens is 23. The average molecular weight is 2230 g/mol. The van der Waals surface area contributed by atoms with E-state index in [0.717, 1.165) is 102 Å². The normalized spacial score (nSPS) is 13.3. The Morgan fingerprint density at radius 3 is 1.07 bits per heavy atom. The third-order valence-electron chi connectivity index (χ3n) is 20.8. The third-order valence-corrected chi connectivity index (χ3v) is 26.3. The second kappa shape index (κ2) is 47.5. The number of nitrogens with zero attached hydrogens (tertiary/aromatic N) is 11. The van der Waals surface area contributed by atoms with E-state index in [1.165, 1.54) is 55.6 Å². The summed E-state index contributed by atoms with van der Waals surface area (Å²) in [5.41, 5.74) is -5.07. The number of nitrogens with one attached hydrogen (secondary N) is 3. The lowest BCUT2D eigenvalue weighted by Crippen LogP contribution is -2.30. The average Bonchev–Trinajstić information content (AvgIpc) is 1.53. The lowest BCUT2D eigenvalue weighted by atomic mass is 10.1. The summed E-state index contributed by atoms with van der Waals surface area (Å²) in [6.45, 7) is 37.8. The van der Waals surface area contributed by atoms with Gasteiger partial charge < -0.3 is 58.7 Å². The number of anilines is 11. The number of hydrogen-bond acceptors (Lipinski definition) is 22. The topological polar surface area (TPSA) is 254 Å². The molecule has 0 spiro atoms. The molecule has 0 bridgehead atoms. The van der Waals surface area contributed by atoms with Crippen LogP contribution in [0.5, 0.6) is 34.5 Å². The minimum absolute atomic E-state index is 0. The number of benzene rings is 11.